The van der Waals surface area contributed by atoms with Crippen LogP contribution in [0.5, 0.6) is 0 Å². The number of hydrogen-bond donors (Lipinski definition) is 2. The van der Waals surface area contributed by atoms with Crippen molar-refractivity contribution in [2.45, 2.75) is 32.2 Å². The molecule has 0 aliphatic carbocycles. The highest BCUT2D eigenvalue weighted by Crippen LogP contribution is 2.32. The molecule has 0 spiro atoms. The summed E-state index contributed by atoms with van der Waals surface area (Å²) in [6, 6.07) is 7.60. The van der Waals surface area contributed by atoms with E-state index in [0.717, 1.165) is 17.7 Å². The molecular formula is C15H20N2O3. The lowest BCUT2D eigenvalue weighted by Gasteiger charge is -2.29. The van der Waals surface area contributed by atoms with Crippen molar-refractivity contribution in [1.82, 2.24) is 4.90 Å². The van der Waals surface area contributed by atoms with Gasteiger partial charge in [0, 0.05) is 18.3 Å². The van der Waals surface area contributed by atoms with Gasteiger partial charge < -0.3 is 15.3 Å². The lowest BCUT2D eigenvalue weighted by Crippen LogP contribution is -2.44. The summed E-state index contributed by atoms with van der Waals surface area (Å²) < 4.78 is 0. The maximum atomic E-state index is 12.7. The first kappa shape index (κ1) is 14.4. The standard InChI is InChI=1S/C15H20N2O3/c1-3-10(2)17(9-14(18)19)15(20)12-8-16-13-7-5-4-6-11(12)13/h4-7,10,12,16H,3,8-9H2,1-2H3,(H,18,19). The summed E-state index contributed by atoms with van der Waals surface area (Å²) >= 11 is 0. The fourth-order valence-corrected chi connectivity index (χ4v) is 2.52. The van der Waals surface area contributed by atoms with E-state index in [1.54, 1.807) is 0 Å². The highest BCUT2D eigenvalue weighted by Gasteiger charge is 2.33. The van der Waals surface area contributed by atoms with E-state index >= 15 is 0 Å². The van der Waals surface area contributed by atoms with E-state index in [0.29, 0.717) is 6.54 Å². The van der Waals surface area contributed by atoms with E-state index in [9.17, 15) is 9.59 Å². The molecule has 0 saturated carbocycles. The Morgan fingerprint density at radius 1 is 1.45 bits per heavy atom. The molecule has 1 aromatic rings. The molecule has 1 heterocycles. The first-order chi connectivity index (χ1) is 9.54. The van der Waals surface area contributed by atoms with Crippen LogP contribution in [0, 0.1) is 0 Å². The van der Waals surface area contributed by atoms with Crippen LogP contribution in [-0.2, 0) is 9.59 Å². The molecule has 2 rings (SSSR count). The number of aliphatic carboxylic acids is 1. The Bertz CT molecular complexity index is 516. The first-order valence-corrected chi connectivity index (χ1v) is 6.89. The molecule has 5 nitrogen and oxygen atoms in total. The third-order valence-corrected chi connectivity index (χ3v) is 3.84. The Balaban J connectivity index is 2.22. The van der Waals surface area contributed by atoms with Crippen LogP contribution in [0.1, 0.15) is 31.7 Å². The Morgan fingerprint density at radius 3 is 2.80 bits per heavy atom. The number of amides is 1. The molecule has 20 heavy (non-hydrogen) atoms. The molecule has 2 N–H and O–H groups in total. The lowest BCUT2D eigenvalue weighted by molar-refractivity contribution is -0.146. The topological polar surface area (TPSA) is 69.6 Å². The van der Waals surface area contributed by atoms with Crippen LogP contribution in [0.3, 0.4) is 0 Å². The molecule has 1 amide bonds. The number of fused-ring (bicyclic) bond motifs is 1. The van der Waals surface area contributed by atoms with Gasteiger partial charge in [0.05, 0.1) is 5.92 Å². The van der Waals surface area contributed by atoms with Crippen LogP contribution in [0.15, 0.2) is 24.3 Å². The highest BCUT2D eigenvalue weighted by atomic mass is 16.4. The van der Waals surface area contributed by atoms with Gasteiger partial charge in [-0.05, 0) is 25.0 Å². The SMILES string of the molecule is CCC(C)N(CC(=O)O)C(=O)C1CNc2ccccc21. The van der Waals surface area contributed by atoms with Gasteiger partial charge in [-0.2, -0.15) is 0 Å². The zero-order chi connectivity index (χ0) is 14.7. The van der Waals surface area contributed by atoms with Crippen LogP contribution in [-0.4, -0.2) is 41.0 Å². The van der Waals surface area contributed by atoms with Crippen molar-refractivity contribution in [2.24, 2.45) is 0 Å². The van der Waals surface area contributed by atoms with Crippen LogP contribution in [0.4, 0.5) is 5.69 Å². The fraction of sp³-hybridized carbons (Fsp3) is 0.467. The number of para-hydroxylation sites is 1. The first-order valence-electron chi connectivity index (χ1n) is 6.89. The summed E-state index contributed by atoms with van der Waals surface area (Å²) in [5, 5.41) is 12.2. The molecule has 2 unspecified atom stereocenters. The maximum absolute atomic E-state index is 12.7. The molecule has 0 saturated heterocycles. The van der Waals surface area contributed by atoms with Crippen LogP contribution in [0.2, 0.25) is 0 Å². The van der Waals surface area contributed by atoms with Gasteiger partial charge in [0.2, 0.25) is 5.91 Å². The Labute approximate surface area is 118 Å². The Kier molecular flexibility index (Phi) is 4.27. The summed E-state index contributed by atoms with van der Waals surface area (Å²) in [6.45, 7) is 4.13. The van der Waals surface area contributed by atoms with Crippen molar-refractivity contribution in [1.29, 1.82) is 0 Å². The molecule has 1 aliphatic rings. The van der Waals surface area contributed by atoms with E-state index in [4.69, 9.17) is 5.11 Å². The van der Waals surface area contributed by atoms with Crippen molar-refractivity contribution in [3.8, 4) is 0 Å². The monoisotopic (exact) mass is 276 g/mol. The largest absolute Gasteiger partial charge is 0.480 e. The number of hydrogen-bond acceptors (Lipinski definition) is 3. The molecule has 0 aromatic heterocycles. The summed E-state index contributed by atoms with van der Waals surface area (Å²) in [5.41, 5.74) is 1.92. The molecule has 5 heteroatoms. The number of nitrogens with one attached hydrogen (secondary N) is 1. The third kappa shape index (κ3) is 2.76. The van der Waals surface area contributed by atoms with E-state index in [2.05, 4.69) is 5.32 Å². The van der Waals surface area contributed by atoms with Gasteiger partial charge >= 0.3 is 5.97 Å². The van der Waals surface area contributed by atoms with E-state index in [-0.39, 0.29) is 24.4 Å². The predicted octanol–water partition coefficient (Wildman–Crippen LogP) is 1.91. The van der Waals surface area contributed by atoms with Crippen molar-refractivity contribution in [3.63, 3.8) is 0 Å². The minimum Gasteiger partial charge on any atom is -0.480 e. The molecule has 1 aromatic carbocycles. The van der Waals surface area contributed by atoms with E-state index in [1.165, 1.54) is 4.90 Å². The average molecular weight is 276 g/mol. The quantitative estimate of drug-likeness (QED) is 0.862. The second-order valence-electron chi connectivity index (χ2n) is 5.14. The number of anilines is 1. The Morgan fingerprint density at radius 2 is 2.15 bits per heavy atom. The van der Waals surface area contributed by atoms with E-state index in [1.807, 2.05) is 38.1 Å². The van der Waals surface area contributed by atoms with Crippen LogP contribution in [0.25, 0.3) is 0 Å². The summed E-state index contributed by atoms with van der Waals surface area (Å²) in [5.74, 6) is -1.38. The highest BCUT2D eigenvalue weighted by molar-refractivity contribution is 5.90. The number of carbonyl (C=O) groups is 2. The Hall–Kier alpha value is -2.04. The average Bonchev–Trinajstić information content (AvgIpc) is 2.87. The minimum atomic E-state index is -0.974. The van der Waals surface area contributed by atoms with Gasteiger partial charge in [0.15, 0.2) is 0 Å². The lowest BCUT2D eigenvalue weighted by atomic mass is 9.99. The van der Waals surface area contributed by atoms with Crippen molar-refractivity contribution < 1.29 is 14.7 Å². The van der Waals surface area contributed by atoms with Gasteiger partial charge in [-0.3, -0.25) is 9.59 Å². The number of carbonyl (C=O) groups excluding carboxylic acids is 1. The van der Waals surface area contributed by atoms with E-state index < -0.39 is 5.97 Å². The molecule has 1 aliphatic heterocycles. The second kappa shape index (κ2) is 5.94. The number of rotatable bonds is 5. The molecule has 0 radical (unpaired) electrons. The minimum absolute atomic E-state index is 0.0774. The number of carboxylic acid groups (broad SMARTS) is 1. The summed E-state index contributed by atoms with van der Waals surface area (Å²) in [7, 11) is 0. The van der Waals surface area contributed by atoms with Gasteiger partial charge in [-0.15, -0.1) is 0 Å². The number of nitrogens with zero attached hydrogens (tertiary/aromatic N) is 1. The normalized spacial score (nSPS) is 18.0. The summed E-state index contributed by atoms with van der Waals surface area (Å²) in [4.78, 5) is 25.1. The van der Waals surface area contributed by atoms with Crippen molar-refractivity contribution in [2.75, 3.05) is 18.4 Å². The molecule has 0 bridgehead atoms. The smallest absolute Gasteiger partial charge is 0.323 e. The van der Waals surface area contributed by atoms with Gasteiger partial charge in [-0.1, -0.05) is 25.1 Å². The molecular weight excluding hydrogens is 256 g/mol. The van der Waals surface area contributed by atoms with Crippen molar-refractivity contribution >= 4 is 17.6 Å². The number of benzene rings is 1. The maximum Gasteiger partial charge on any atom is 0.323 e. The molecule has 2 atom stereocenters. The predicted molar refractivity (Wildman–Crippen MR) is 76.8 cm³/mol. The fourth-order valence-electron chi connectivity index (χ4n) is 2.52. The van der Waals surface area contributed by atoms with Gasteiger partial charge in [0.1, 0.15) is 6.54 Å². The van der Waals surface area contributed by atoms with Gasteiger partial charge in [0.25, 0.3) is 0 Å². The van der Waals surface area contributed by atoms with Gasteiger partial charge in [-0.25, -0.2) is 0 Å². The van der Waals surface area contributed by atoms with Crippen LogP contribution >= 0.6 is 0 Å². The third-order valence-electron chi connectivity index (χ3n) is 3.84. The summed E-state index contributed by atoms with van der Waals surface area (Å²) in [6.07, 6.45) is 0.737. The second-order valence-corrected chi connectivity index (χ2v) is 5.14. The molecule has 108 valence electrons. The zero-order valence-corrected chi connectivity index (χ0v) is 11.8. The zero-order valence-electron chi connectivity index (χ0n) is 11.8. The van der Waals surface area contributed by atoms with Crippen molar-refractivity contribution in [3.05, 3.63) is 29.8 Å². The number of carboxylic acids is 1. The van der Waals surface area contributed by atoms with Crippen LogP contribution < -0.4 is 5.32 Å². The molecule has 0 fully saturated rings.